The third-order valence-corrected chi connectivity index (χ3v) is 3.83. The zero-order chi connectivity index (χ0) is 10.3. The SMILES string of the molecule is CS(=O)(=O)c1cc2c(cc1Cl)NCC2. The molecular weight excluding hydrogens is 222 g/mol. The van der Waals surface area contributed by atoms with Crippen LogP contribution in [-0.2, 0) is 16.3 Å². The summed E-state index contributed by atoms with van der Waals surface area (Å²) in [5.74, 6) is 0. The topological polar surface area (TPSA) is 46.2 Å². The van der Waals surface area contributed by atoms with Gasteiger partial charge in [0.1, 0.15) is 0 Å². The molecule has 0 spiro atoms. The first kappa shape index (κ1) is 9.80. The molecule has 0 bridgehead atoms. The molecule has 1 aromatic carbocycles. The van der Waals surface area contributed by atoms with Gasteiger partial charge in [0.25, 0.3) is 0 Å². The minimum Gasteiger partial charge on any atom is -0.384 e. The van der Waals surface area contributed by atoms with E-state index in [-0.39, 0.29) is 4.90 Å². The van der Waals surface area contributed by atoms with Crippen LogP contribution in [-0.4, -0.2) is 21.2 Å². The van der Waals surface area contributed by atoms with E-state index >= 15 is 0 Å². The molecule has 0 aliphatic carbocycles. The number of anilines is 1. The van der Waals surface area contributed by atoms with Gasteiger partial charge in [0, 0.05) is 18.5 Å². The number of fused-ring (bicyclic) bond motifs is 1. The van der Waals surface area contributed by atoms with Crippen LogP contribution in [0.5, 0.6) is 0 Å². The molecule has 0 saturated heterocycles. The van der Waals surface area contributed by atoms with E-state index in [0.717, 1.165) is 24.2 Å². The summed E-state index contributed by atoms with van der Waals surface area (Å²) in [5, 5.41) is 3.43. The van der Waals surface area contributed by atoms with Gasteiger partial charge in [-0.25, -0.2) is 8.42 Å². The Bertz CT molecular complexity index is 482. The van der Waals surface area contributed by atoms with Gasteiger partial charge in [-0.1, -0.05) is 11.6 Å². The summed E-state index contributed by atoms with van der Waals surface area (Å²) < 4.78 is 22.7. The van der Waals surface area contributed by atoms with Crippen molar-refractivity contribution in [2.75, 3.05) is 18.1 Å². The molecular formula is C9H10ClNO2S. The van der Waals surface area contributed by atoms with E-state index in [1.165, 1.54) is 6.26 Å². The fourth-order valence-corrected chi connectivity index (χ4v) is 2.94. The molecule has 14 heavy (non-hydrogen) atoms. The zero-order valence-electron chi connectivity index (χ0n) is 7.67. The molecule has 3 nitrogen and oxygen atoms in total. The average molecular weight is 232 g/mol. The Kier molecular flexibility index (Phi) is 2.20. The Morgan fingerprint density at radius 1 is 1.43 bits per heavy atom. The molecule has 1 aromatic rings. The van der Waals surface area contributed by atoms with Crippen LogP contribution < -0.4 is 5.32 Å². The average Bonchev–Trinajstić information content (AvgIpc) is 2.47. The lowest BCUT2D eigenvalue weighted by atomic mass is 10.2. The molecule has 76 valence electrons. The molecule has 1 heterocycles. The maximum atomic E-state index is 11.3. The molecule has 0 saturated carbocycles. The molecule has 0 fully saturated rings. The monoisotopic (exact) mass is 231 g/mol. The normalized spacial score (nSPS) is 15.0. The summed E-state index contributed by atoms with van der Waals surface area (Å²) in [4.78, 5) is 0.224. The molecule has 0 radical (unpaired) electrons. The van der Waals surface area contributed by atoms with Crippen LogP contribution in [0.2, 0.25) is 5.02 Å². The lowest BCUT2D eigenvalue weighted by Gasteiger charge is -2.05. The van der Waals surface area contributed by atoms with E-state index in [2.05, 4.69) is 5.32 Å². The number of sulfone groups is 1. The van der Waals surface area contributed by atoms with Gasteiger partial charge in [0.05, 0.1) is 9.92 Å². The van der Waals surface area contributed by atoms with Crippen molar-refractivity contribution in [3.63, 3.8) is 0 Å². The number of halogens is 1. The standard InChI is InChI=1S/C9H10ClNO2S/c1-14(12,13)9-4-6-2-3-11-8(6)5-7(9)10/h4-5,11H,2-3H2,1H3. The highest BCUT2D eigenvalue weighted by molar-refractivity contribution is 7.90. The van der Waals surface area contributed by atoms with Crippen molar-refractivity contribution in [2.24, 2.45) is 0 Å². The summed E-state index contributed by atoms with van der Waals surface area (Å²) in [6.45, 7) is 0.846. The highest BCUT2D eigenvalue weighted by Gasteiger charge is 2.18. The first-order valence-electron chi connectivity index (χ1n) is 4.25. The number of rotatable bonds is 1. The van der Waals surface area contributed by atoms with E-state index in [9.17, 15) is 8.42 Å². The van der Waals surface area contributed by atoms with Gasteiger partial charge in [-0.2, -0.15) is 0 Å². The van der Waals surface area contributed by atoms with E-state index in [0.29, 0.717) is 5.02 Å². The Morgan fingerprint density at radius 2 is 2.14 bits per heavy atom. The van der Waals surface area contributed by atoms with Crippen LogP contribution in [0.4, 0.5) is 5.69 Å². The molecule has 1 aliphatic heterocycles. The molecule has 0 amide bonds. The number of benzene rings is 1. The summed E-state index contributed by atoms with van der Waals surface area (Å²) >= 11 is 5.87. The second-order valence-corrected chi connectivity index (χ2v) is 5.78. The minimum absolute atomic E-state index is 0.224. The van der Waals surface area contributed by atoms with Crippen molar-refractivity contribution in [2.45, 2.75) is 11.3 Å². The summed E-state index contributed by atoms with van der Waals surface area (Å²) in [6, 6.07) is 3.34. The minimum atomic E-state index is -3.21. The van der Waals surface area contributed by atoms with Gasteiger partial charge in [-0.3, -0.25) is 0 Å². The maximum absolute atomic E-state index is 11.3. The van der Waals surface area contributed by atoms with Crippen LogP contribution in [0.15, 0.2) is 17.0 Å². The van der Waals surface area contributed by atoms with Crippen molar-refractivity contribution in [3.05, 3.63) is 22.7 Å². The largest absolute Gasteiger partial charge is 0.384 e. The van der Waals surface area contributed by atoms with Gasteiger partial charge in [0.15, 0.2) is 9.84 Å². The number of nitrogens with one attached hydrogen (secondary N) is 1. The molecule has 1 aliphatic rings. The van der Waals surface area contributed by atoms with Gasteiger partial charge < -0.3 is 5.32 Å². The Hall–Kier alpha value is -0.740. The molecule has 0 aromatic heterocycles. The zero-order valence-corrected chi connectivity index (χ0v) is 9.24. The van der Waals surface area contributed by atoms with Crippen molar-refractivity contribution in [3.8, 4) is 0 Å². The van der Waals surface area contributed by atoms with E-state index in [1.807, 2.05) is 0 Å². The van der Waals surface area contributed by atoms with Crippen molar-refractivity contribution < 1.29 is 8.42 Å². The van der Waals surface area contributed by atoms with Crippen LogP contribution in [0.3, 0.4) is 0 Å². The van der Waals surface area contributed by atoms with E-state index < -0.39 is 9.84 Å². The van der Waals surface area contributed by atoms with E-state index in [1.54, 1.807) is 12.1 Å². The molecule has 1 N–H and O–H groups in total. The second-order valence-electron chi connectivity index (χ2n) is 3.39. The van der Waals surface area contributed by atoms with Gasteiger partial charge >= 0.3 is 0 Å². The lowest BCUT2D eigenvalue weighted by molar-refractivity contribution is 0.602. The lowest BCUT2D eigenvalue weighted by Crippen LogP contribution is -1.99. The highest BCUT2D eigenvalue weighted by Crippen LogP contribution is 2.31. The third-order valence-electron chi connectivity index (χ3n) is 2.27. The van der Waals surface area contributed by atoms with E-state index in [4.69, 9.17) is 11.6 Å². The van der Waals surface area contributed by atoms with Crippen LogP contribution in [0.25, 0.3) is 0 Å². The summed E-state index contributed by atoms with van der Waals surface area (Å²) in [7, 11) is -3.21. The molecule has 5 heteroatoms. The quantitative estimate of drug-likeness (QED) is 0.801. The van der Waals surface area contributed by atoms with Gasteiger partial charge in [-0.15, -0.1) is 0 Å². The first-order chi connectivity index (χ1) is 6.48. The third kappa shape index (κ3) is 1.60. The van der Waals surface area contributed by atoms with Crippen LogP contribution in [0, 0.1) is 0 Å². The molecule has 0 unspecified atom stereocenters. The Balaban J connectivity index is 2.65. The second kappa shape index (κ2) is 3.14. The predicted octanol–water partition coefficient (Wildman–Crippen LogP) is 1.71. The first-order valence-corrected chi connectivity index (χ1v) is 6.52. The number of hydrogen-bond acceptors (Lipinski definition) is 3. The van der Waals surface area contributed by atoms with Crippen molar-refractivity contribution >= 4 is 27.1 Å². The van der Waals surface area contributed by atoms with Crippen LogP contribution in [0.1, 0.15) is 5.56 Å². The number of hydrogen-bond donors (Lipinski definition) is 1. The fourth-order valence-electron chi connectivity index (χ4n) is 1.58. The Morgan fingerprint density at radius 3 is 2.79 bits per heavy atom. The smallest absolute Gasteiger partial charge is 0.177 e. The Labute approximate surface area is 88.0 Å². The van der Waals surface area contributed by atoms with Gasteiger partial charge in [-0.05, 0) is 24.1 Å². The summed E-state index contributed by atoms with van der Waals surface area (Å²) in [5.41, 5.74) is 1.97. The predicted molar refractivity (Wildman–Crippen MR) is 56.8 cm³/mol. The van der Waals surface area contributed by atoms with Crippen molar-refractivity contribution in [1.82, 2.24) is 0 Å². The van der Waals surface area contributed by atoms with Crippen LogP contribution >= 0.6 is 11.6 Å². The maximum Gasteiger partial charge on any atom is 0.177 e. The molecule has 2 rings (SSSR count). The highest BCUT2D eigenvalue weighted by atomic mass is 35.5. The summed E-state index contributed by atoms with van der Waals surface area (Å²) in [6.07, 6.45) is 2.03. The molecule has 0 atom stereocenters. The van der Waals surface area contributed by atoms with Gasteiger partial charge in [0.2, 0.25) is 0 Å². The fraction of sp³-hybridized carbons (Fsp3) is 0.333. The van der Waals surface area contributed by atoms with Crippen molar-refractivity contribution in [1.29, 1.82) is 0 Å².